The molecule has 0 radical (unpaired) electrons. The number of phenols is 1. The zero-order valence-corrected chi connectivity index (χ0v) is 16.2. The zero-order chi connectivity index (χ0) is 18.6. The smallest absolute Gasteiger partial charge is 0.138 e. The molecule has 2 N–H and O–H groups in total. The number of nitrogens with zero attached hydrogens (tertiary/aromatic N) is 2. The van der Waals surface area contributed by atoms with Crippen molar-refractivity contribution in [2.75, 3.05) is 38.2 Å². The lowest BCUT2D eigenvalue weighted by atomic mass is 10.2. The SMILES string of the molecule is COc1ccc(-c2nc(C[NH+]3CCN(c4ccccc4O)CC3)cs2)cc1. The Morgan fingerprint density at radius 1 is 1.11 bits per heavy atom. The monoisotopic (exact) mass is 382 g/mol. The van der Waals surface area contributed by atoms with E-state index in [-0.39, 0.29) is 0 Å². The first-order chi connectivity index (χ1) is 13.2. The number of aromatic hydroxyl groups is 1. The molecule has 0 atom stereocenters. The number of aromatic nitrogens is 1. The second-order valence-corrected chi connectivity index (χ2v) is 7.63. The third kappa shape index (κ3) is 4.07. The highest BCUT2D eigenvalue weighted by Crippen LogP contribution is 2.27. The normalized spacial score (nSPS) is 15.1. The van der Waals surface area contributed by atoms with Gasteiger partial charge in [0.15, 0.2) is 0 Å². The second-order valence-electron chi connectivity index (χ2n) is 6.78. The highest BCUT2D eigenvalue weighted by atomic mass is 32.1. The van der Waals surface area contributed by atoms with E-state index < -0.39 is 0 Å². The van der Waals surface area contributed by atoms with Gasteiger partial charge in [-0.05, 0) is 36.4 Å². The Labute approximate surface area is 163 Å². The Kier molecular flexibility index (Phi) is 5.27. The maximum atomic E-state index is 10.0. The first-order valence-corrected chi connectivity index (χ1v) is 10.1. The second kappa shape index (κ2) is 7.98. The number of para-hydroxylation sites is 2. The van der Waals surface area contributed by atoms with E-state index in [9.17, 15) is 5.11 Å². The molecule has 0 saturated carbocycles. The van der Waals surface area contributed by atoms with Crippen LogP contribution in [0.3, 0.4) is 0 Å². The predicted octanol–water partition coefficient (Wildman–Crippen LogP) is 2.43. The van der Waals surface area contributed by atoms with Crippen LogP contribution in [-0.4, -0.2) is 43.4 Å². The summed E-state index contributed by atoms with van der Waals surface area (Å²) >= 11 is 1.70. The molecule has 1 aliphatic heterocycles. The van der Waals surface area contributed by atoms with E-state index in [2.05, 4.69) is 22.4 Å². The molecule has 140 valence electrons. The summed E-state index contributed by atoms with van der Waals surface area (Å²) in [5.41, 5.74) is 3.22. The van der Waals surface area contributed by atoms with Crippen LogP contribution in [0.15, 0.2) is 53.9 Å². The summed E-state index contributed by atoms with van der Waals surface area (Å²) < 4.78 is 5.22. The molecule has 4 rings (SSSR count). The van der Waals surface area contributed by atoms with Crippen molar-refractivity contribution in [3.05, 3.63) is 59.6 Å². The molecular weight excluding hydrogens is 358 g/mol. The van der Waals surface area contributed by atoms with Crippen LogP contribution in [-0.2, 0) is 6.54 Å². The molecule has 0 bridgehead atoms. The van der Waals surface area contributed by atoms with E-state index in [0.29, 0.717) is 5.75 Å². The number of quaternary nitrogens is 1. The van der Waals surface area contributed by atoms with E-state index >= 15 is 0 Å². The number of hydrogen-bond donors (Lipinski definition) is 2. The van der Waals surface area contributed by atoms with Crippen LogP contribution >= 0.6 is 11.3 Å². The molecule has 3 aromatic rings. The fourth-order valence-electron chi connectivity index (χ4n) is 3.48. The Balaban J connectivity index is 1.35. The number of thiazole rings is 1. The van der Waals surface area contributed by atoms with Gasteiger partial charge in [0.2, 0.25) is 0 Å². The number of phenolic OH excluding ortho intramolecular Hbond substituents is 1. The molecule has 2 heterocycles. The van der Waals surface area contributed by atoms with E-state index in [4.69, 9.17) is 9.72 Å². The third-order valence-electron chi connectivity index (χ3n) is 5.01. The van der Waals surface area contributed by atoms with E-state index in [1.807, 2.05) is 30.3 Å². The first-order valence-electron chi connectivity index (χ1n) is 9.18. The van der Waals surface area contributed by atoms with Crippen molar-refractivity contribution in [2.24, 2.45) is 0 Å². The number of benzene rings is 2. The minimum Gasteiger partial charge on any atom is -0.506 e. The molecule has 1 aromatic heterocycles. The number of rotatable bonds is 5. The number of methoxy groups -OCH3 is 1. The molecule has 1 aliphatic rings. The largest absolute Gasteiger partial charge is 0.506 e. The van der Waals surface area contributed by atoms with Crippen molar-refractivity contribution in [3.63, 3.8) is 0 Å². The summed E-state index contributed by atoms with van der Waals surface area (Å²) in [6, 6.07) is 15.6. The van der Waals surface area contributed by atoms with Crippen molar-refractivity contribution in [3.8, 4) is 22.1 Å². The molecule has 1 fully saturated rings. The topological polar surface area (TPSA) is 50.0 Å². The van der Waals surface area contributed by atoms with E-state index in [1.54, 1.807) is 24.5 Å². The van der Waals surface area contributed by atoms with Crippen LogP contribution in [0.25, 0.3) is 10.6 Å². The number of ether oxygens (including phenoxy) is 1. The molecular formula is C21H24N3O2S+. The number of piperazine rings is 1. The zero-order valence-electron chi connectivity index (χ0n) is 15.4. The quantitative estimate of drug-likeness (QED) is 0.712. The third-order valence-corrected chi connectivity index (χ3v) is 5.95. The van der Waals surface area contributed by atoms with Crippen molar-refractivity contribution < 1.29 is 14.7 Å². The summed E-state index contributed by atoms with van der Waals surface area (Å²) in [6.07, 6.45) is 0. The predicted molar refractivity (Wildman–Crippen MR) is 109 cm³/mol. The van der Waals surface area contributed by atoms with Crippen LogP contribution < -0.4 is 14.5 Å². The lowest BCUT2D eigenvalue weighted by molar-refractivity contribution is -0.914. The number of hydrogen-bond acceptors (Lipinski definition) is 5. The average molecular weight is 383 g/mol. The maximum absolute atomic E-state index is 10.0. The van der Waals surface area contributed by atoms with E-state index in [0.717, 1.165) is 60.4 Å². The maximum Gasteiger partial charge on any atom is 0.138 e. The fourth-order valence-corrected chi connectivity index (χ4v) is 4.31. The standard InChI is InChI=1S/C21H23N3O2S/c1-26-18-8-6-16(7-9-18)21-22-17(15-27-21)14-23-10-12-24(13-11-23)19-4-2-3-5-20(19)25/h2-9,15,25H,10-14H2,1H3/p+1. The Bertz CT molecular complexity index is 886. The van der Waals surface area contributed by atoms with Crippen molar-refractivity contribution in [1.82, 2.24) is 4.98 Å². The van der Waals surface area contributed by atoms with Crippen LogP contribution in [0, 0.1) is 0 Å². The van der Waals surface area contributed by atoms with Gasteiger partial charge in [-0.1, -0.05) is 12.1 Å². The molecule has 0 unspecified atom stereocenters. The van der Waals surface area contributed by atoms with Gasteiger partial charge >= 0.3 is 0 Å². The first kappa shape index (κ1) is 17.8. The number of anilines is 1. The summed E-state index contributed by atoms with van der Waals surface area (Å²) in [4.78, 5) is 8.63. The molecule has 27 heavy (non-hydrogen) atoms. The molecule has 0 aliphatic carbocycles. The van der Waals surface area contributed by atoms with Gasteiger partial charge in [0, 0.05) is 10.9 Å². The Morgan fingerprint density at radius 2 is 1.85 bits per heavy atom. The fraction of sp³-hybridized carbons (Fsp3) is 0.286. The summed E-state index contributed by atoms with van der Waals surface area (Å²) in [5, 5.41) is 13.3. The molecule has 0 spiro atoms. The van der Waals surface area contributed by atoms with Crippen molar-refractivity contribution in [1.29, 1.82) is 0 Å². The van der Waals surface area contributed by atoms with Gasteiger partial charge in [-0.2, -0.15) is 0 Å². The lowest BCUT2D eigenvalue weighted by Gasteiger charge is -2.33. The van der Waals surface area contributed by atoms with Gasteiger partial charge in [-0.3, -0.25) is 0 Å². The van der Waals surface area contributed by atoms with Gasteiger partial charge in [0.05, 0.1) is 39.0 Å². The van der Waals surface area contributed by atoms with Gasteiger partial charge in [-0.25, -0.2) is 4.98 Å². The minimum absolute atomic E-state index is 0.365. The van der Waals surface area contributed by atoms with E-state index in [1.165, 1.54) is 4.90 Å². The Morgan fingerprint density at radius 3 is 2.56 bits per heavy atom. The lowest BCUT2D eigenvalue weighted by Crippen LogP contribution is -3.13. The van der Waals surface area contributed by atoms with Crippen LogP contribution in [0.4, 0.5) is 5.69 Å². The van der Waals surface area contributed by atoms with Gasteiger partial charge in [0.25, 0.3) is 0 Å². The van der Waals surface area contributed by atoms with Crippen molar-refractivity contribution in [2.45, 2.75) is 6.54 Å². The van der Waals surface area contributed by atoms with Crippen LogP contribution in [0.5, 0.6) is 11.5 Å². The van der Waals surface area contributed by atoms with Gasteiger partial charge in [0.1, 0.15) is 28.7 Å². The Hall–Kier alpha value is -2.57. The highest BCUT2D eigenvalue weighted by Gasteiger charge is 2.22. The molecule has 6 heteroatoms. The summed E-state index contributed by atoms with van der Waals surface area (Å²) in [5.74, 6) is 1.23. The summed E-state index contributed by atoms with van der Waals surface area (Å²) in [7, 11) is 1.68. The number of nitrogens with one attached hydrogen (secondary N) is 1. The van der Waals surface area contributed by atoms with Gasteiger partial charge in [-0.15, -0.1) is 11.3 Å². The highest BCUT2D eigenvalue weighted by molar-refractivity contribution is 7.13. The summed E-state index contributed by atoms with van der Waals surface area (Å²) in [6.45, 7) is 4.93. The molecule has 5 nitrogen and oxygen atoms in total. The minimum atomic E-state index is 0.365. The molecule has 1 saturated heterocycles. The van der Waals surface area contributed by atoms with Gasteiger partial charge < -0.3 is 19.6 Å². The molecule has 2 aromatic carbocycles. The van der Waals surface area contributed by atoms with Crippen molar-refractivity contribution >= 4 is 17.0 Å². The van der Waals surface area contributed by atoms with Crippen LogP contribution in [0.1, 0.15) is 5.69 Å². The van der Waals surface area contributed by atoms with Crippen LogP contribution in [0.2, 0.25) is 0 Å². The average Bonchev–Trinajstić information content (AvgIpc) is 3.18. The molecule has 0 amide bonds.